The van der Waals surface area contributed by atoms with Gasteiger partial charge in [-0.1, -0.05) is 45.0 Å². The molecule has 0 saturated carbocycles. The first-order valence-electron chi connectivity index (χ1n) is 7.54. The van der Waals surface area contributed by atoms with Gasteiger partial charge < -0.3 is 15.5 Å². The fourth-order valence-corrected chi connectivity index (χ4v) is 2.42. The van der Waals surface area contributed by atoms with Crippen molar-refractivity contribution >= 4 is 0 Å². The van der Waals surface area contributed by atoms with Crippen LogP contribution in [0.5, 0.6) is 0 Å². The first-order valence-corrected chi connectivity index (χ1v) is 7.54. The van der Waals surface area contributed by atoms with Crippen LogP contribution in [0.1, 0.15) is 51.3 Å². The molecule has 0 aliphatic carbocycles. The van der Waals surface area contributed by atoms with E-state index < -0.39 is 5.54 Å². The van der Waals surface area contributed by atoms with Gasteiger partial charge in [0, 0.05) is 6.04 Å². The zero-order valence-corrected chi connectivity index (χ0v) is 13.2. The van der Waals surface area contributed by atoms with Gasteiger partial charge in [-0.25, -0.2) is 0 Å². The zero-order valence-electron chi connectivity index (χ0n) is 13.2. The average Bonchev–Trinajstić information content (AvgIpc) is 2.45. The van der Waals surface area contributed by atoms with Crippen LogP contribution in [0.15, 0.2) is 24.3 Å². The number of aliphatic hydroxyl groups is 2. The number of benzene rings is 1. The first kappa shape index (κ1) is 17.2. The highest BCUT2D eigenvalue weighted by molar-refractivity contribution is 5.25. The Bertz CT molecular complexity index is 374. The van der Waals surface area contributed by atoms with Crippen molar-refractivity contribution in [1.82, 2.24) is 5.32 Å². The smallest absolute Gasteiger partial charge is 0.0650 e. The molecule has 1 atom stereocenters. The van der Waals surface area contributed by atoms with E-state index in [2.05, 4.69) is 50.4 Å². The molecule has 1 unspecified atom stereocenters. The minimum absolute atomic E-state index is 0.0597. The quantitative estimate of drug-likeness (QED) is 0.686. The van der Waals surface area contributed by atoms with E-state index in [0.717, 1.165) is 6.42 Å². The molecule has 0 aliphatic rings. The van der Waals surface area contributed by atoms with Crippen molar-refractivity contribution in [2.75, 3.05) is 13.2 Å². The largest absolute Gasteiger partial charge is 0.394 e. The second-order valence-electron chi connectivity index (χ2n) is 6.16. The SMILES string of the molecule is CCC(CO)(CO)NC(C)c1ccc(CC(C)C)cc1. The highest BCUT2D eigenvalue weighted by Gasteiger charge is 2.28. The van der Waals surface area contributed by atoms with E-state index in [4.69, 9.17) is 0 Å². The lowest BCUT2D eigenvalue weighted by atomic mass is 9.94. The Kier molecular flexibility index (Phi) is 6.66. The molecule has 1 aromatic carbocycles. The molecule has 0 heterocycles. The lowest BCUT2D eigenvalue weighted by Gasteiger charge is -2.33. The lowest BCUT2D eigenvalue weighted by molar-refractivity contribution is 0.0793. The Morgan fingerprint density at radius 2 is 1.60 bits per heavy atom. The highest BCUT2D eigenvalue weighted by Crippen LogP contribution is 2.20. The third kappa shape index (κ3) is 4.58. The Morgan fingerprint density at radius 3 is 2.00 bits per heavy atom. The van der Waals surface area contributed by atoms with Crippen LogP contribution < -0.4 is 5.32 Å². The summed E-state index contributed by atoms with van der Waals surface area (Å²) in [5.41, 5.74) is 1.93. The van der Waals surface area contributed by atoms with E-state index in [1.165, 1.54) is 11.1 Å². The van der Waals surface area contributed by atoms with E-state index in [-0.39, 0.29) is 19.3 Å². The van der Waals surface area contributed by atoms with Crippen LogP contribution in [0.2, 0.25) is 0 Å². The van der Waals surface area contributed by atoms with E-state index in [0.29, 0.717) is 12.3 Å². The molecular weight excluding hydrogens is 250 g/mol. The molecular formula is C17H29NO2. The van der Waals surface area contributed by atoms with Gasteiger partial charge in [-0.2, -0.15) is 0 Å². The molecule has 20 heavy (non-hydrogen) atoms. The molecule has 0 spiro atoms. The maximum absolute atomic E-state index is 9.49. The maximum atomic E-state index is 9.49. The van der Waals surface area contributed by atoms with Crippen LogP contribution in [0, 0.1) is 5.92 Å². The molecule has 3 heteroatoms. The van der Waals surface area contributed by atoms with E-state index in [9.17, 15) is 10.2 Å². The molecule has 114 valence electrons. The van der Waals surface area contributed by atoms with Gasteiger partial charge in [0.15, 0.2) is 0 Å². The Labute approximate surface area is 123 Å². The van der Waals surface area contributed by atoms with Crippen molar-refractivity contribution in [1.29, 1.82) is 0 Å². The fourth-order valence-electron chi connectivity index (χ4n) is 2.42. The van der Waals surface area contributed by atoms with Crippen LogP contribution >= 0.6 is 0 Å². The second kappa shape index (κ2) is 7.77. The molecule has 3 N–H and O–H groups in total. The van der Waals surface area contributed by atoms with Crippen molar-refractivity contribution in [3.63, 3.8) is 0 Å². The molecule has 0 aromatic heterocycles. The third-order valence-corrected chi connectivity index (χ3v) is 3.93. The van der Waals surface area contributed by atoms with Gasteiger partial charge in [-0.05, 0) is 36.8 Å². The summed E-state index contributed by atoms with van der Waals surface area (Å²) >= 11 is 0. The number of aliphatic hydroxyl groups excluding tert-OH is 2. The number of hydrogen-bond acceptors (Lipinski definition) is 3. The zero-order chi connectivity index (χ0) is 15.2. The molecule has 0 aliphatic heterocycles. The monoisotopic (exact) mass is 279 g/mol. The van der Waals surface area contributed by atoms with E-state index >= 15 is 0 Å². The normalized spacial score (nSPS) is 13.8. The van der Waals surface area contributed by atoms with Gasteiger partial charge in [-0.3, -0.25) is 0 Å². The molecule has 0 fully saturated rings. The predicted molar refractivity (Wildman–Crippen MR) is 83.7 cm³/mol. The lowest BCUT2D eigenvalue weighted by Crippen LogP contribution is -2.52. The van der Waals surface area contributed by atoms with E-state index in [1.54, 1.807) is 0 Å². The summed E-state index contributed by atoms with van der Waals surface area (Å²) in [5, 5.41) is 22.3. The minimum atomic E-state index is -0.601. The van der Waals surface area contributed by atoms with E-state index in [1.807, 2.05) is 6.92 Å². The standard InChI is InChI=1S/C17H29NO2/c1-5-17(11-19,12-20)18-14(4)16-8-6-15(7-9-16)10-13(2)3/h6-9,13-14,18-20H,5,10-12H2,1-4H3. The second-order valence-corrected chi connectivity index (χ2v) is 6.16. The fraction of sp³-hybridized carbons (Fsp3) is 0.647. The van der Waals surface area contributed by atoms with Crippen LogP contribution in [-0.4, -0.2) is 29.0 Å². The van der Waals surface area contributed by atoms with Crippen molar-refractivity contribution in [2.24, 2.45) is 5.92 Å². The number of nitrogens with one attached hydrogen (secondary N) is 1. The van der Waals surface area contributed by atoms with Crippen molar-refractivity contribution in [3.05, 3.63) is 35.4 Å². The first-order chi connectivity index (χ1) is 9.46. The summed E-state index contributed by atoms with van der Waals surface area (Å²) in [4.78, 5) is 0. The summed E-state index contributed by atoms with van der Waals surface area (Å²) in [7, 11) is 0. The van der Waals surface area contributed by atoms with Crippen LogP contribution in [0.25, 0.3) is 0 Å². The van der Waals surface area contributed by atoms with Crippen molar-refractivity contribution in [2.45, 2.75) is 52.1 Å². The molecule has 0 saturated heterocycles. The summed E-state index contributed by atoms with van der Waals surface area (Å²) in [6, 6.07) is 8.69. The van der Waals surface area contributed by atoms with Crippen LogP contribution in [-0.2, 0) is 6.42 Å². The minimum Gasteiger partial charge on any atom is -0.394 e. The summed E-state index contributed by atoms with van der Waals surface area (Å²) in [6.07, 6.45) is 1.78. The number of rotatable bonds is 8. The Balaban J connectivity index is 2.74. The van der Waals surface area contributed by atoms with Gasteiger partial charge in [0.2, 0.25) is 0 Å². The molecule has 1 aromatic rings. The molecule has 1 rings (SSSR count). The Hall–Kier alpha value is -0.900. The number of hydrogen-bond donors (Lipinski definition) is 3. The maximum Gasteiger partial charge on any atom is 0.0650 e. The van der Waals surface area contributed by atoms with Crippen molar-refractivity contribution < 1.29 is 10.2 Å². The van der Waals surface area contributed by atoms with Crippen LogP contribution in [0.3, 0.4) is 0 Å². The molecule has 0 amide bonds. The third-order valence-electron chi connectivity index (χ3n) is 3.93. The summed E-state index contributed by atoms with van der Waals surface area (Å²) in [5.74, 6) is 0.660. The summed E-state index contributed by atoms with van der Waals surface area (Å²) in [6.45, 7) is 8.35. The molecule has 3 nitrogen and oxygen atoms in total. The van der Waals surface area contributed by atoms with Gasteiger partial charge in [0.05, 0.1) is 18.8 Å². The van der Waals surface area contributed by atoms with Gasteiger partial charge in [-0.15, -0.1) is 0 Å². The molecule has 0 radical (unpaired) electrons. The van der Waals surface area contributed by atoms with Crippen molar-refractivity contribution in [3.8, 4) is 0 Å². The average molecular weight is 279 g/mol. The topological polar surface area (TPSA) is 52.5 Å². The van der Waals surface area contributed by atoms with Crippen LogP contribution in [0.4, 0.5) is 0 Å². The van der Waals surface area contributed by atoms with Gasteiger partial charge in [0.25, 0.3) is 0 Å². The van der Waals surface area contributed by atoms with Gasteiger partial charge in [0.1, 0.15) is 0 Å². The molecule has 0 bridgehead atoms. The van der Waals surface area contributed by atoms with Gasteiger partial charge >= 0.3 is 0 Å². The highest BCUT2D eigenvalue weighted by atomic mass is 16.3. The Morgan fingerprint density at radius 1 is 1.05 bits per heavy atom. The predicted octanol–water partition coefficient (Wildman–Crippen LogP) is 2.67. The summed E-state index contributed by atoms with van der Waals surface area (Å²) < 4.78 is 0.